The average Bonchev–Trinajstić information content (AvgIpc) is 2.85. The number of hydrogen-bond donors (Lipinski definition) is 0. The Morgan fingerprint density at radius 1 is 0.853 bits per heavy atom. The van der Waals surface area contributed by atoms with Crippen LogP contribution in [0.25, 0.3) is 0 Å². The Bertz CT molecular complexity index is 1160. The van der Waals surface area contributed by atoms with Crippen LogP contribution in [0.2, 0.25) is 0 Å². The van der Waals surface area contributed by atoms with E-state index in [1.54, 1.807) is 55.1 Å². The van der Waals surface area contributed by atoms with E-state index < -0.39 is 18.0 Å². The van der Waals surface area contributed by atoms with E-state index in [-0.39, 0.29) is 18.1 Å². The molecule has 0 radical (unpaired) electrons. The van der Waals surface area contributed by atoms with Crippen LogP contribution in [0.3, 0.4) is 0 Å². The van der Waals surface area contributed by atoms with Crippen LogP contribution < -0.4 is 4.90 Å². The quantitative estimate of drug-likeness (QED) is 0.305. The Labute approximate surface area is 201 Å². The number of esters is 1. The second-order valence-corrected chi connectivity index (χ2v) is 8.42. The van der Waals surface area contributed by atoms with Gasteiger partial charge in [0.1, 0.15) is 6.10 Å². The van der Waals surface area contributed by atoms with Gasteiger partial charge < -0.3 is 9.64 Å². The number of amides is 1. The molecule has 1 amide bonds. The fourth-order valence-electron chi connectivity index (χ4n) is 3.89. The summed E-state index contributed by atoms with van der Waals surface area (Å²) < 4.78 is 5.61. The van der Waals surface area contributed by atoms with E-state index in [1.807, 2.05) is 56.3 Å². The third-order valence-corrected chi connectivity index (χ3v) is 5.84. The van der Waals surface area contributed by atoms with Crippen molar-refractivity contribution in [3.63, 3.8) is 0 Å². The number of aryl methyl sites for hydroxylation is 1. The Kier molecular flexibility index (Phi) is 8.36. The molecule has 2 atom stereocenters. The predicted octanol–water partition coefficient (Wildman–Crippen LogP) is 5.70. The number of carbonyl (C=O) groups excluding carboxylic acids is 3. The van der Waals surface area contributed by atoms with Gasteiger partial charge in [0, 0.05) is 23.4 Å². The molecule has 0 N–H and O–H groups in total. The Morgan fingerprint density at radius 2 is 1.50 bits per heavy atom. The van der Waals surface area contributed by atoms with Crippen molar-refractivity contribution in [3.05, 3.63) is 101 Å². The van der Waals surface area contributed by atoms with E-state index in [9.17, 15) is 14.4 Å². The zero-order valence-corrected chi connectivity index (χ0v) is 20.2. The van der Waals surface area contributed by atoms with Crippen molar-refractivity contribution < 1.29 is 19.1 Å². The third-order valence-electron chi connectivity index (χ3n) is 5.84. The molecule has 0 heterocycles. The van der Waals surface area contributed by atoms with Gasteiger partial charge in [0.15, 0.2) is 5.78 Å². The maximum absolute atomic E-state index is 12.9. The van der Waals surface area contributed by atoms with Crippen molar-refractivity contribution in [1.82, 2.24) is 0 Å². The topological polar surface area (TPSA) is 63.7 Å². The zero-order chi connectivity index (χ0) is 24.7. The molecule has 176 valence electrons. The fourth-order valence-corrected chi connectivity index (χ4v) is 3.89. The first kappa shape index (κ1) is 24.9. The van der Waals surface area contributed by atoms with Crippen LogP contribution >= 0.6 is 0 Å². The molecule has 0 bridgehead atoms. The van der Waals surface area contributed by atoms with Crippen LogP contribution in [-0.2, 0) is 14.3 Å². The number of anilines is 1. The van der Waals surface area contributed by atoms with E-state index in [0.717, 1.165) is 11.3 Å². The van der Waals surface area contributed by atoms with Crippen molar-refractivity contribution in [2.24, 2.45) is 0 Å². The highest BCUT2D eigenvalue weighted by atomic mass is 16.5. The minimum atomic E-state index is -0.574. The van der Waals surface area contributed by atoms with Gasteiger partial charge in [-0.05, 0) is 51.0 Å². The molecule has 5 nitrogen and oxygen atoms in total. The number of hydrogen-bond acceptors (Lipinski definition) is 4. The second-order valence-electron chi connectivity index (χ2n) is 8.42. The van der Waals surface area contributed by atoms with Gasteiger partial charge >= 0.3 is 5.97 Å². The van der Waals surface area contributed by atoms with E-state index in [0.29, 0.717) is 23.2 Å². The minimum absolute atomic E-state index is 0.0904. The van der Waals surface area contributed by atoms with Crippen molar-refractivity contribution >= 4 is 23.3 Å². The number of ketones is 1. The van der Waals surface area contributed by atoms with Crippen molar-refractivity contribution in [2.75, 3.05) is 11.4 Å². The van der Waals surface area contributed by atoms with Gasteiger partial charge in [-0.25, -0.2) is 0 Å². The molecule has 0 aliphatic heterocycles. The first-order chi connectivity index (χ1) is 16.3. The summed E-state index contributed by atoms with van der Waals surface area (Å²) in [6.07, 6.45) is -0.484. The standard InChI is InChI=1S/C29H31NO4/c1-5-30(26-17-10-9-12-20(26)2)27(31)18-21(3)34-29(33)22(4)24-15-11-16-25(19-24)28(32)23-13-7-6-8-14-23/h6-17,19,21-22H,5,18H2,1-4H3/t21-,22?/m0/s1. The van der Waals surface area contributed by atoms with E-state index in [2.05, 4.69) is 0 Å². The van der Waals surface area contributed by atoms with Crippen LogP contribution in [0.4, 0.5) is 5.69 Å². The molecule has 3 aromatic carbocycles. The van der Waals surface area contributed by atoms with Crippen molar-refractivity contribution in [2.45, 2.75) is 46.1 Å². The summed E-state index contributed by atoms with van der Waals surface area (Å²) in [5.74, 6) is -1.19. The minimum Gasteiger partial charge on any atom is -0.462 e. The van der Waals surface area contributed by atoms with Crippen LogP contribution in [0, 0.1) is 6.92 Å². The van der Waals surface area contributed by atoms with Crippen LogP contribution in [0.5, 0.6) is 0 Å². The third kappa shape index (κ3) is 5.98. The van der Waals surface area contributed by atoms with Gasteiger partial charge in [-0.3, -0.25) is 14.4 Å². The van der Waals surface area contributed by atoms with Crippen LogP contribution in [0.1, 0.15) is 60.2 Å². The van der Waals surface area contributed by atoms with E-state index >= 15 is 0 Å². The highest BCUT2D eigenvalue weighted by Crippen LogP contribution is 2.23. The lowest BCUT2D eigenvalue weighted by Gasteiger charge is -2.25. The number of carbonyl (C=O) groups is 3. The van der Waals surface area contributed by atoms with Gasteiger partial charge in [-0.2, -0.15) is 0 Å². The SMILES string of the molecule is CCN(C(=O)C[C@H](C)OC(=O)C(C)c1cccc(C(=O)c2ccccc2)c1)c1ccccc1C. The fraction of sp³-hybridized carbons (Fsp3) is 0.276. The summed E-state index contributed by atoms with van der Waals surface area (Å²) in [6, 6.07) is 23.8. The number of benzene rings is 3. The molecule has 3 rings (SSSR count). The lowest BCUT2D eigenvalue weighted by molar-refractivity contribution is -0.150. The molecular weight excluding hydrogens is 426 g/mol. The Balaban J connectivity index is 1.64. The predicted molar refractivity (Wildman–Crippen MR) is 134 cm³/mol. The van der Waals surface area contributed by atoms with Gasteiger partial charge in [-0.15, -0.1) is 0 Å². The van der Waals surface area contributed by atoms with Gasteiger partial charge in [-0.1, -0.05) is 66.7 Å². The molecule has 0 aliphatic rings. The lowest BCUT2D eigenvalue weighted by atomic mass is 9.96. The summed E-state index contributed by atoms with van der Waals surface area (Å²) in [5, 5.41) is 0. The smallest absolute Gasteiger partial charge is 0.313 e. The maximum atomic E-state index is 12.9. The molecule has 34 heavy (non-hydrogen) atoms. The normalized spacial score (nSPS) is 12.5. The Hall–Kier alpha value is -3.73. The van der Waals surface area contributed by atoms with Crippen molar-refractivity contribution in [1.29, 1.82) is 0 Å². The molecule has 0 aliphatic carbocycles. The van der Waals surface area contributed by atoms with E-state index in [4.69, 9.17) is 4.74 Å². The number of rotatable bonds is 9. The van der Waals surface area contributed by atoms with Crippen LogP contribution in [0.15, 0.2) is 78.9 Å². The molecule has 0 saturated carbocycles. The monoisotopic (exact) mass is 457 g/mol. The van der Waals surface area contributed by atoms with Crippen LogP contribution in [-0.4, -0.2) is 30.3 Å². The average molecular weight is 458 g/mol. The van der Waals surface area contributed by atoms with Gasteiger partial charge in [0.25, 0.3) is 0 Å². The lowest BCUT2D eigenvalue weighted by Crippen LogP contribution is -2.34. The summed E-state index contributed by atoms with van der Waals surface area (Å²) >= 11 is 0. The molecule has 0 saturated heterocycles. The highest BCUT2D eigenvalue weighted by molar-refractivity contribution is 6.09. The number of ether oxygens (including phenoxy) is 1. The molecule has 0 spiro atoms. The van der Waals surface area contributed by atoms with Gasteiger partial charge in [0.05, 0.1) is 12.3 Å². The number of nitrogens with zero attached hydrogens (tertiary/aromatic N) is 1. The summed E-state index contributed by atoms with van der Waals surface area (Å²) in [4.78, 5) is 40.2. The maximum Gasteiger partial charge on any atom is 0.313 e. The molecule has 5 heteroatoms. The first-order valence-electron chi connectivity index (χ1n) is 11.6. The zero-order valence-electron chi connectivity index (χ0n) is 20.2. The molecule has 0 fully saturated rings. The largest absolute Gasteiger partial charge is 0.462 e. The molecule has 0 aromatic heterocycles. The summed E-state index contributed by atoms with van der Waals surface area (Å²) in [7, 11) is 0. The number of para-hydroxylation sites is 1. The summed E-state index contributed by atoms with van der Waals surface area (Å²) in [6.45, 7) is 7.89. The Morgan fingerprint density at radius 3 is 2.18 bits per heavy atom. The molecule has 3 aromatic rings. The van der Waals surface area contributed by atoms with Gasteiger partial charge in [0.2, 0.25) is 5.91 Å². The second kappa shape index (κ2) is 11.4. The van der Waals surface area contributed by atoms with Crippen molar-refractivity contribution in [3.8, 4) is 0 Å². The first-order valence-corrected chi connectivity index (χ1v) is 11.6. The highest BCUT2D eigenvalue weighted by Gasteiger charge is 2.24. The molecular formula is C29H31NO4. The van der Waals surface area contributed by atoms with E-state index in [1.165, 1.54) is 0 Å². The summed E-state index contributed by atoms with van der Waals surface area (Å²) in [5.41, 5.74) is 3.68. The molecule has 1 unspecified atom stereocenters.